The number of nitrogens with one attached hydrogen (secondary N) is 1. The first-order chi connectivity index (χ1) is 9.08. The predicted molar refractivity (Wildman–Crippen MR) is 75.2 cm³/mol. The second kappa shape index (κ2) is 8.23. The van der Waals surface area contributed by atoms with Crippen LogP contribution in [0.5, 0.6) is 0 Å². The molecule has 1 N–H and O–H groups in total. The molecule has 0 bridgehead atoms. The lowest BCUT2D eigenvalue weighted by Crippen LogP contribution is -2.33. The largest absolute Gasteiger partial charge is 0.309 e. The van der Waals surface area contributed by atoms with E-state index in [0.717, 1.165) is 38.2 Å². The third kappa shape index (κ3) is 5.25. The minimum absolute atomic E-state index is 0.0235. The maximum Gasteiger partial charge on any atom is 0.159 e. The van der Waals surface area contributed by atoms with Gasteiger partial charge < -0.3 is 10.2 Å². The number of nitrogens with zero attached hydrogens (tertiary/aromatic N) is 1. The number of halogens is 2. The Bertz CT molecular complexity index is 382. The smallest absolute Gasteiger partial charge is 0.159 e. The molecule has 1 aromatic carbocycles. The molecule has 0 spiro atoms. The number of rotatable bonds is 8. The van der Waals surface area contributed by atoms with Crippen molar-refractivity contribution in [2.24, 2.45) is 0 Å². The Kier molecular flexibility index (Phi) is 6.95. The molecule has 0 amide bonds. The molecule has 2 nitrogen and oxygen atoms in total. The van der Waals surface area contributed by atoms with Gasteiger partial charge in [-0.3, -0.25) is 0 Å². The Hall–Kier alpha value is -1.00. The number of hydrogen-bond donors (Lipinski definition) is 1. The van der Waals surface area contributed by atoms with Crippen LogP contribution in [0.15, 0.2) is 18.2 Å². The Balaban J connectivity index is 2.42. The molecule has 0 fully saturated rings. The van der Waals surface area contributed by atoms with Crippen LogP contribution in [0.2, 0.25) is 0 Å². The molecule has 1 rings (SSSR count). The molecular formula is C15H24F2N2. The maximum absolute atomic E-state index is 13.1. The van der Waals surface area contributed by atoms with E-state index < -0.39 is 11.6 Å². The van der Waals surface area contributed by atoms with Crippen molar-refractivity contribution >= 4 is 0 Å². The summed E-state index contributed by atoms with van der Waals surface area (Å²) < 4.78 is 26.0. The van der Waals surface area contributed by atoms with E-state index in [2.05, 4.69) is 24.1 Å². The molecular weight excluding hydrogens is 246 g/mol. The van der Waals surface area contributed by atoms with Crippen LogP contribution in [0.1, 0.15) is 38.8 Å². The molecule has 0 radical (unpaired) electrons. The van der Waals surface area contributed by atoms with Crippen LogP contribution in [-0.4, -0.2) is 31.1 Å². The van der Waals surface area contributed by atoms with Gasteiger partial charge in [0, 0.05) is 19.1 Å². The Morgan fingerprint density at radius 2 is 1.89 bits per heavy atom. The first-order valence-corrected chi connectivity index (χ1v) is 6.99. The fourth-order valence-electron chi connectivity index (χ4n) is 2.08. The van der Waals surface area contributed by atoms with Gasteiger partial charge in [-0.2, -0.15) is 0 Å². The van der Waals surface area contributed by atoms with Crippen molar-refractivity contribution in [1.29, 1.82) is 0 Å². The Morgan fingerprint density at radius 3 is 2.47 bits per heavy atom. The lowest BCUT2D eigenvalue weighted by molar-refractivity contribution is 0.284. The zero-order valence-electron chi connectivity index (χ0n) is 12.0. The number of hydrogen-bond acceptors (Lipinski definition) is 2. The summed E-state index contributed by atoms with van der Waals surface area (Å²) in [5, 5.41) is 3.34. The standard InChI is InChI=1S/C15H24F2N2/c1-4-9-19(5-2)10-8-18-12(3)13-6-7-14(16)15(17)11-13/h6-7,11-12,18H,4-5,8-10H2,1-3H3. The topological polar surface area (TPSA) is 15.3 Å². The summed E-state index contributed by atoms with van der Waals surface area (Å²) in [4.78, 5) is 2.37. The van der Waals surface area contributed by atoms with Crippen molar-refractivity contribution in [2.45, 2.75) is 33.2 Å². The summed E-state index contributed by atoms with van der Waals surface area (Å²) in [5.41, 5.74) is 0.775. The lowest BCUT2D eigenvalue weighted by atomic mass is 10.1. The van der Waals surface area contributed by atoms with E-state index in [9.17, 15) is 8.78 Å². The monoisotopic (exact) mass is 270 g/mol. The molecule has 0 heterocycles. The van der Waals surface area contributed by atoms with E-state index in [-0.39, 0.29) is 6.04 Å². The van der Waals surface area contributed by atoms with Crippen molar-refractivity contribution in [3.63, 3.8) is 0 Å². The van der Waals surface area contributed by atoms with Crippen LogP contribution in [0.25, 0.3) is 0 Å². The molecule has 1 atom stereocenters. The predicted octanol–water partition coefficient (Wildman–Crippen LogP) is 3.35. The zero-order chi connectivity index (χ0) is 14.3. The summed E-state index contributed by atoms with van der Waals surface area (Å²) in [5.74, 6) is -1.58. The number of benzene rings is 1. The van der Waals surface area contributed by atoms with E-state index in [1.54, 1.807) is 6.07 Å². The van der Waals surface area contributed by atoms with E-state index >= 15 is 0 Å². The fraction of sp³-hybridized carbons (Fsp3) is 0.600. The summed E-state index contributed by atoms with van der Waals surface area (Å²) in [6.07, 6.45) is 1.15. The Labute approximate surface area is 114 Å². The lowest BCUT2D eigenvalue weighted by Gasteiger charge is -2.21. The van der Waals surface area contributed by atoms with Gasteiger partial charge in [0.1, 0.15) is 0 Å². The highest BCUT2D eigenvalue weighted by Crippen LogP contribution is 2.15. The SMILES string of the molecule is CCCN(CC)CCNC(C)c1ccc(F)c(F)c1. The van der Waals surface area contributed by atoms with E-state index in [1.165, 1.54) is 12.1 Å². The van der Waals surface area contributed by atoms with Crippen LogP contribution < -0.4 is 5.32 Å². The van der Waals surface area contributed by atoms with Crippen molar-refractivity contribution < 1.29 is 8.78 Å². The van der Waals surface area contributed by atoms with Crippen LogP contribution >= 0.6 is 0 Å². The maximum atomic E-state index is 13.1. The van der Waals surface area contributed by atoms with Gasteiger partial charge in [-0.05, 0) is 44.1 Å². The quantitative estimate of drug-likeness (QED) is 0.779. The van der Waals surface area contributed by atoms with Gasteiger partial charge in [-0.1, -0.05) is 19.9 Å². The second-order valence-corrected chi connectivity index (χ2v) is 4.78. The van der Waals surface area contributed by atoms with E-state index in [0.29, 0.717) is 0 Å². The first-order valence-electron chi connectivity index (χ1n) is 6.99. The summed E-state index contributed by atoms with van der Waals surface area (Å²) >= 11 is 0. The molecule has 0 aliphatic heterocycles. The van der Waals surface area contributed by atoms with Gasteiger partial charge in [-0.25, -0.2) is 8.78 Å². The van der Waals surface area contributed by atoms with Crippen molar-refractivity contribution in [2.75, 3.05) is 26.2 Å². The fourth-order valence-corrected chi connectivity index (χ4v) is 2.08. The van der Waals surface area contributed by atoms with Crippen LogP contribution in [0.4, 0.5) is 8.78 Å². The minimum Gasteiger partial charge on any atom is -0.309 e. The average molecular weight is 270 g/mol. The molecule has 0 aliphatic rings. The summed E-state index contributed by atoms with van der Waals surface area (Å²) in [6, 6.07) is 4.09. The highest BCUT2D eigenvalue weighted by molar-refractivity contribution is 5.20. The highest BCUT2D eigenvalue weighted by Gasteiger charge is 2.09. The average Bonchev–Trinajstić information content (AvgIpc) is 2.40. The van der Waals surface area contributed by atoms with Crippen LogP contribution in [0.3, 0.4) is 0 Å². The summed E-state index contributed by atoms with van der Waals surface area (Å²) in [7, 11) is 0. The minimum atomic E-state index is -0.795. The molecule has 108 valence electrons. The van der Waals surface area contributed by atoms with E-state index in [1.807, 2.05) is 6.92 Å². The van der Waals surface area contributed by atoms with Gasteiger partial charge in [0.05, 0.1) is 0 Å². The van der Waals surface area contributed by atoms with E-state index in [4.69, 9.17) is 0 Å². The molecule has 0 saturated carbocycles. The molecule has 1 aromatic rings. The molecule has 0 saturated heterocycles. The third-order valence-corrected chi connectivity index (χ3v) is 3.31. The summed E-state index contributed by atoms with van der Waals surface area (Å²) in [6.45, 7) is 10.2. The van der Waals surface area contributed by atoms with Crippen molar-refractivity contribution in [3.05, 3.63) is 35.4 Å². The van der Waals surface area contributed by atoms with Gasteiger partial charge in [0.15, 0.2) is 11.6 Å². The highest BCUT2D eigenvalue weighted by atomic mass is 19.2. The first kappa shape index (κ1) is 16.1. The second-order valence-electron chi connectivity index (χ2n) is 4.78. The van der Waals surface area contributed by atoms with Crippen LogP contribution in [0, 0.1) is 11.6 Å². The molecule has 4 heteroatoms. The molecule has 1 unspecified atom stereocenters. The van der Waals surface area contributed by atoms with Crippen molar-refractivity contribution in [1.82, 2.24) is 10.2 Å². The molecule has 0 aliphatic carbocycles. The van der Waals surface area contributed by atoms with Gasteiger partial charge in [-0.15, -0.1) is 0 Å². The molecule has 0 aromatic heterocycles. The van der Waals surface area contributed by atoms with Gasteiger partial charge >= 0.3 is 0 Å². The van der Waals surface area contributed by atoms with Gasteiger partial charge in [0.2, 0.25) is 0 Å². The van der Waals surface area contributed by atoms with Gasteiger partial charge in [0.25, 0.3) is 0 Å². The zero-order valence-corrected chi connectivity index (χ0v) is 12.0. The Morgan fingerprint density at radius 1 is 1.16 bits per heavy atom. The normalized spacial score (nSPS) is 12.9. The molecule has 19 heavy (non-hydrogen) atoms. The van der Waals surface area contributed by atoms with Crippen LogP contribution in [-0.2, 0) is 0 Å². The number of likely N-dealkylation sites (N-methyl/N-ethyl adjacent to an activating group) is 1. The third-order valence-electron chi connectivity index (χ3n) is 3.31. The van der Waals surface area contributed by atoms with Crippen molar-refractivity contribution in [3.8, 4) is 0 Å².